The van der Waals surface area contributed by atoms with Crippen molar-refractivity contribution < 1.29 is 39.4 Å². The van der Waals surface area contributed by atoms with E-state index in [1.807, 2.05) is 0 Å². The fourth-order valence-electron chi connectivity index (χ4n) is 4.08. The van der Waals surface area contributed by atoms with Crippen molar-refractivity contribution in [2.24, 2.45) is 0 Å². The lowest BCUT2D eigenvalue weighted by atomic mass is 9.99. The van der Waals surface area contributed by atoms with Crippen molar-refractivity contribution in [1.82, 2.24) is 0 Å². The van der Waals surface area contributed by atoms with Crippen molar-refractivity contribution in [1.29, 1.82) is 0 Å². The zero-order valence-corrected chi connectivity index (χ0v) is 20.5. The molecule has 1 heterocycles. The second kappa shape index (κ2) is 19.5. The van der Waals surface area contributed by atoms with Crippen LogP contribution < -0.4 is 0 Å². The molecule has 0 radical (unpaired) electrons. The van der Waals surface area contributed by atoms with Gasteiger partial charge >= 0.3 is 5.97 Å². The monoisotopic (exact) mass is 476 g/mol. The molecular weight excluding hydrogens is 428 g/mol. The molecule has 0 aromatic heterocycles. The van der Waals surface area contributed by atoms with Gasteiger partial charge in [-0.3, -0.25) is 4.79 Å². The van der Waals surface area contributed by atoms with Gasteiger partial charge in [-0.15, -0.1) is 0 Å². The quantitative estimate of drug-likeness (QED) is 0.119. The van der Waals surface area contributed by atoms with Crippen LogP contribution in [0.2, 0.25) is 0 Å². The van der Waals surface area contributed by atoms with Crippen LogP contribution in [0, 0.1) is 0 Å². The second-order valence-corrected chi connectivity index (χ2v) is 9.20. The predicted molar refractivity (Wildman–Crippen MR) is 125 cm³/mol. The Kier molecular flexibility index (Phi) is 17.9. The molecule has 33 heavy (non-hydrogen) atoms. The second-order valence-electron chi connectivity index (χ2n) is 9.20. The van der Waals surface area contributed by atoms with E-state index >= 15 is 0 Å². The van der Waals surface area contributed by atoms with Gasteiger partial charge in [-0.25, -0.2) is 0 Å². The van der Waals surface area contributed by atoms with Gasteiger partial charge in [0, 0.05) is 6.42 Å². The van der Waals surface area contributed by atoms with Gasteiger partial charge in [-0.2, -0.15) is 0 Å². The largest absolute Gasteiger partial charge is 0.438 e. The highest BCUT2D eigenvalue weighted by Crippen LogP contribution is 2.22. The highest BCUT2D eigenvalue weighted by molar-refractivity contribution is 5.69. The van der Waals surface area contributed by atoms with Crippen LogP contribution in [-0.4, -0.2) is 70.5 Å². The molecule has 196 valence electrons. The predicted octanol–water partition coefficient (Wildman–Crippen LogP) is 3.57. The van der Waals surface area contributed by atoms with E-state index in [1.54, 1.807) is 0 Å². The van der Waals surface area contributed by atoms with Crippen molar-refractivity contribution in [2.45, 2.75) is 140 Å². The number of aliphatic hydroxyl groups excluding tert-OH is 4. The number of hydrogen-bond donors (Lipinski definition) is 4. The number of rotatable bonds is 20. The van der Waals surface area contributed by atoms with Crippen LogP contribution >= 0.6 is 0 Å². The summed E-state index contributed by atoms with van der Waals surface area (Å²) >= 11 is 0. The standard InChI is InChI=1S/C25H48O8/c1-2-3-4-5-6-7-8-9-10-11-12-13-14-15-16-17-21(27)31-19-32-25-24(30)23(29)22(28)20(18-26)33-25/h20,22-26,28-30H,2-19H2,1H3/t20-,22-,23+,24-,25+/m1/s1. The Morgan fingerprint density at radius 3 is 1.70 bits per heavy atom. The van der Waals surface area contributed by atoms with Gasteiger partial charge < -0.3 is 34.6 Å². The number of hydrogen-bond acceptors (Lipinski definition) is 8. The molecule has 0 saturated carbocycles. The fraction of sp³-hybridized carbons (Fsp3) is 0.960. The van der Waals surface area contributed by atoms with E-state index in [2.05, 4.69) is 6.92 Å². The summed E-state index contributed by atoms with van der Waals surface area (Å²) in [6.07, 6.45) is 12.4. The molecule has 5 atom stereocenters. The Balaban J connectivity index is 1.91. The summed E-state index contributed by atoms with van der Waals surface area (Å²) in [7, 11) is 0. The van der Waals surface area contributed by atoms with Gasteiger partial charge in [0.05, 0.1) is 6.61 Å². The number of aliphatic hydroxyl groups is 4. The van der Waals surface area contributed by atoms with Crippen LogP contribution in [0.4, 0.5) is 0 Å². The molecule has 0 aliphatic carbocycles. The van der Waals surface area contributed by atoms with Crippen molar-refractivity contribution in [2.75, 3.05) is 13.4 Å². The van der Waals surface area contributed by atoms with Crippen molar-refractivity contribution in [3.8, 4) is 0 Å². The normalized spacial score (nSPS) is 25.3. The van der Waals surface area contributed by atoms with Gasteiger partial charge in [0.1, 0.15) is 24.4 Å². The maximum absolute atomic E-state index is 11.8. The molecule has 1 aliphatic heterocycles. The zero-order valence-electron chi connectivity index (χ0n) is 20.5. The first kappa shape index (κ1) is 30.3. The summed E-state index contributed by atoms with van der Waals surface area (Å²) in [5.41, 5.74) is 0. The molecule has 0 spiro atoms. The van der Waals surface area contributed by atoms with Gasteiger partial charge in [0.15, 0.2) is 13.1 Å². The minimum absolute atomic E-state index is 0.302. The Hall–Kier alpha value is -0.770. The first-order valence-corrected chi connectivity index (χ1v) is 13.1. The zero-order chi connectivity index (χ0) is 24.3. The Morgan fingerprint density at radius 2 is 1.21 bits per heavy atom. The summed E-state index contributed by atoms with van der Waals surface area (Å²) in [6, 6.07) is 0. The third-order valence-corrected chi connectivity index (χ3v) is 6.29. The number of carbonyl (C=O) groups excluding carboxylic acids is 1. The average Bonchev–Trinajstić information content (AvgIpc) is 2.81. The van der Waals surface area contributed by atoms with Gasteiger partial charge in [-0.1, -0.05) is 96.8 Å². The lowest BCUT2D eigenvalue weighted by Gasteiger charge is -2.39. The molecule has 1 rings (SSSR count). The Bertz CT molecular complexity index is 473. The minimum atomic E-state index is -1.52. The van der Waals surface area contributed by atoms with Crippen LogP contribution in [0.25, 0.3) is 0 Å². The summed E-state index contributed by atoms with van der Waals surface area (Å²) in [4.78, 5) is 11.8. The molecule has 1 fully saturated rings. The maximum Gasteiger partial charge on any atom is 0.307 e. The number of esters is 1. The molecule has 4 N–H and O–H groups in total. The lowest BCUT2D eigenvalue weighted by Crippen LogP contribution is -2.59. The van der Waals surface area contributed by atoms with Crippen molar-refractivity contribution in [3.63, 3.8) is 0 Å². The molecule has 0 aromatic rings. The highest BCUT2D eigenvalue weighted by Gasteiger charge is 2.44. The fourth-order valence-corrected chi connectivity index (χ4v) is 4.08. The van der Waals surface area contributed by atoms with E-state index in [1.165, 1.54) is 77.0 Å². The minimum Gasteiger partial charge on any atom is -0.438 e. The van der Waals surface area contributed by atoms with Gasteiger partial charge in [-0.05, 0) is 6.42 Å². The first-order chi connectivity index (χ1) is 16.0. The molecule has 8 nitrogen and oxygen atoms in total. The molecule has 0 unspecified atom stereocenters. The van der Waals surface area contributed by atoms with E-state index in [0.29, 0.717) is 6.42 Å². The van der Waals surface area contributed by atoms with Crippen molar-refractivity contribution >= 4 is 5.97 Å². The molecule has 1 aliphatic rings. The van der Waals surface area contributed by atoms with Crippen LogP contribution in [-0.2, 0) is 19.0 Å². The topological polar surface area (TPSA) is 126 Å². The molecule has 8 heteroatoms. The molecular formula is C25H48O8. The Labute approximate surface area is 199 Å². The lowest BCUT2D eigenvalue weighted by molar-refractivity contribution is -0.314. The summed E-state index contributed by atoms with van der Waals surface area (Å²) in [5, 5.41) is 38.4. The van der Waals surface area contributed by atoms with Crippen LogP contribution in [0.1, 0.15) is 110 Å². The van der Waals surface area contributed by atoms with Gasteiger partial charge in [0.25, 0.3) is 0 Å². The van der Waals surface area contributed by atoms with Crippen LogP contribution in [0.3, 0.4) is 0 Å². The van der Waals surface area contributed by atoms with E-state index in [-0.39, 0.29) is 0 Å². The summed E-state index contributed by atoms with van der Waals surface area (Å²) in [6.45, 7) is 1.29. The third kappa shape index (κ3) is 13.6. The molecule has 1 saturated heterocycles. The van der Waals surface area contributed by atoms with Gasteiger partial charge in [0.2, 0.25) is 0 Å². The van der Waals surface area contributed by atoms with E-state index in [4.69, 9.17) is 19.3 Å². The number of ether oxygens (including phenoxy) is 3. The summed E-state index contributed by atoms with van der Waals surface area (Å²) < 4.78 is 15.3. The third-order valence-electron chi connectivity index (χ3n) is 6.29. The van der Waals surface area contributed by atoms with Crippen LogP contribution in [0.5, 0.6) is 0 Å². The van der Waals surface area contributed by atoms with E-state index < -0.39 is 50.1 Å². The van der Waals surface area contributed by atoms with Crippen molar-refractivity contribution in [3.05, 3.63) is 0 Å². The number of unbranched alkanes of at least 4 members (excludes halogenated alkanes) is 14. The summed E-state index contributed by atoms with van der Waals surface area (Å²) in [5.74, 6) is -0.394. The van der Waals surface area contributed by atoms with E-state index in [0.717, 1.165) is 19.3 Å². The highest BCUT2D eigenvalue weighted by atomic mass is 16.8. The maximum atomic E-state index is 11.8. The SMILES string of the molecule is CCCCCCCCCCCCCCCCCC(=O)OCO[C@H]1O[C@H](CO)[C@@H](O)[C@H](O)[C@H]1O. The molecule has 0 aromatic carbocycles. The Morgan fingerprint density at radius 1 is 0.727 bits per heavy atom. The smallest absolute Gasteiger partial charge is 0.307 e. The average molecular weight is 477 g/mol. The van der Waals surface area contributed by atoms with E-state index in [9.17, 15) is 20.1 Å². The first-order valence-electron chi connectivity index (χ1n) is 13.1. The molecule has 0 amide bonds. The number of carbonyl (C=O) groups is 1. The van der Waals surface area contributed by atoms with Crippen LogP contribution in [0.15, 0.2) is 0 Å². The molecule has 0 bridgehead atoms.